The molecule has 1 amide bonds. The van der Waals surface area contributed by atoms with Crippen molar-refractivity contribution in [3.05, 3.63) is 72.8 Å². The molecule has 4 aromatic rings. The van der Waals surface area contributed by atoms with Gasteiger partial charge in [-0.1, -0.05) is 42.5 Å². The molecule has 6 rings (SSSR count). The lowest BCUT2D eigenvalue weighted by Gasteiger charge is -2.35. The van der Waals surface area contributed by atoms with Crippen LogP contribution in [0.3, 0.4) is 0 Å². The quantitative estimate of drug-likeness (QED) is 0.441. The summed E-state index contributed by atoms with van der Waals surface area (Å²) in [5.74, 6) is 2.68. The number of carbonyl (C=O) groups excluding carboxylic acids is 1. The highest BCUT2D eigenvalue weighted by Crippen LogP contribution is 2.35. The topological polar surface area (TPSA) is 77.0 Å². The normalized spacial score (nSPS) is 14.9. The van der Waals surface area contributed by atoms with Crippen molar-refractivity contribution < 1.29 is 19.0 Å². The van der Waals surface area contributed by atoms with Crippen LogP contribution in [0.25, 0.3) is 22.0 Å². The zero-order chi connectivity index (χ0) is 23.6. The first-order chi connectivity index (χ1) is 17.2. The highest BCUT2D eigenvalue weighted by atomic mass is 16.7. The summed E-state index contributed by atoms with van der Waals surface area (Å²) < 4.78 is 16.3. The average molecular weight is 469 g/mol. The van der Waals surface area contributed by atoms with Crippen molar-refractivity contribution in [2.75, 3.05) is 44.5 Å². The van der Waals surface area contributed by atoms with Crippen LogP contribution in [-0.4, -0.2) is 60.6 Å². The summed E-state index contributed by atoms with van der Waals surface area (Å²) in [5, 5.41) is 11.3. The van der Waals surface area contributed by atoms with Crippen molar-refractivity contribution >= 4 is 22.5 Å². The molecule has 1 aromatic heterocycles. The SMILES string of the molecule is O=C(COc1ccc2c(c1)OCO2)N1CCN(c2ccc(-c3cccc4ccccc34)nn2)CC1. The van der Waals surface area contributed by atoms with E-state index in [1.165, 1.54) is 5.39 Å². The van der Waals surface area contributed by atoms with Crippen LogP contribution in [0.5, 0.6) is 17.2 Å². The molecule has 2 aliphatic rings. The van der Waals surface area contributed by atoms with Gasteiger partial charge in [0.25, 0.3) is 5.91 Å². The van der Waals surface area contributed by atoms with Gasteiger partial charge in [0.1, 0.15) is 5.75 Å². The maximum Gasteiger partial charge on any atom is 0.260 e. The summed E-state index contributed by atoms with van der Waals surface area (Å²) >= 11 is 0. The first-order valence-electron chi connectivity index (χ1n) is 11.6. The molecule has 1 saturated heterocycles. The third kappa shape index (κ3) is 4.30. The number of ether oxygens (including phenoxy) is 3. The lowest BCUT2D eigenvalue weighted by atomic mass is 10.0. The number of aromatic nitrogens is 2. The highest BCUT2D eigenvalue weighted by Gasteiger charge is 2.23. The molecule has 0 unspecified atom stereocenters. The number of hydrogen-bond donors (Lipinski definition) is 0. The molecule has 0 spiro atoms. The van der Waals surface area contributed by atoms with E-state index in [4.69, 9.17) is 14.2 Å². The lowest BCUT2D eigenvalue weighted by molar-refractivity contribution is -0.133. The van der Waals surface area contributed by atoms with Crippen LogP contribution in [0.15, 0.2) is 72.8 Å². The van der Waals surface area contributed by atoms with Crippen molar-refractivity contribution in [2.45, 2.75) is 0 Å². The molecule has 3 aromatic carbocycles. The average Bonchev–Trinajstić information content (AvgIpc) is 3.40. The largest absolute Gasteiger partial charge is 0.484 e. The van der Waals surface area contributed by atoms with E-state index in [2.05, 4.69) is 39.4 Å². The van der Waals surface area contributed by atoms with Gasteiger partial charge in [-0.3, -0.25) is 4.79 Å². The molecule has 1 fully saturated rings. The fourth-order valence-corrected chi connectivity index (χ4v) is 4.47. The highest BCUT2D eigenvalue weighted by molar-refractivity contribution is 5.95. The second-order valence-corrected chi connectivity index (χ2v) is 8.48. The molecule has 0 radical (unpaired) electrons. The lowest BCUT2D eigenvalue weighted by Crippen LogP contribution is -2.50. The van der Waals surface area contributed by atoms with Gasteiger partial charge in [0.2, 0.25) is 6.79 Å². The van der Waals surface area contributed by atoms with Crippen molar-refractivity contribution in [3.63, 3.8) is 0 Å². The predicted octanol–water partition coefficient (Wildman–Crippen LogP) is 3.75. The summed E-state index contributed by atoms with van der Waals surface area (Å²) in [7, 11) is 0. The van der Waals surface area contributed by atoms with E-state index in [0.717, 1.165) is 22.5 Å². The fourth-order valence-electron chi connectivity index (χ4n) is 4.47. The van der Waals surface area contributed by atoms with E-state index < -0.39 is 0 Å². The zero-order valence-corrected chi connectivity index (χ0v) is 19.1. The number of hydrogen-bond acceptors (Lipinski definition) is 7. The Morgan fingerprint density at radius 3 is 2.54 bits per heavy atom. The van der Waals surface area contributed by atoms with Gasteiger partial charge in [-0.2, -0.15) is 0 Å². The van der Waals surface area contributed by atoms with E-state index >= 15 is 0 Å². The zero-order valence-electron chi connectivity index (χ0n) is 19.1. The standard InChI is InChI=1S/C27H24N4O4/c32-27(17-33-20-8-10-24-25(16-20)35-18-34-24)31-14-12-30(13-15-31)26-11-9-23(28-29-26)22-7-3-5-19-4-1-2-6-21(19)22/h1-11,16H,12-15,17-18H2. The molecule has 0 atom stereocenters. The molecule has 2 aliphatic heterocycles. The Hall–Kier alpha value is -4.33. The minimum absolute atomic E-state index is 0.0147. The minimum atomic E-state index is -0.0419. The van der Waals surface area contributed by atoms with Gasteiger partial charge in [-0.15, -0.1) is 10.2 Å². The Morgan fingerprint density at radius 2 is 1.69 bits per heavy atom. The molecule has 3 heterocycles. The van der Waals surface area contributed by atoms with E-state index in [1.807, 2.05) is 35.2 Å². The molecule has 0 bridgehead atoms. The summed E-state index contributed by atoms with van der Waals surface area (Å²) in [6.07, 6.45) is 0. The van der Waals surface area contributed by atoms with Gasteiger partial charge >= 0.3 is 0 Å². The number of fused-ring (bicyclic) bond motifs is 2. The van der Waals surface area contributed by atoms with Crippen LogP contribution >= 0.6 is 0 Å². The Balaban J connectivity index is 1.05. The van der Waals surface area contributed by atoms with Crippen molar-refractivity contribution in [2.24, 2.45) is 0 Å². The van der Waals surface area contributed by atoms with Gasteiger partial charge in [0.15, 0.2) is 23.9 Å². The second kappa shape index (κ2) is 9.13. The summed E-state index contributed by atoms with van der Waals surface area (Å²) in [4.78, 5) is 16.6. The number of amides is 1. The molecule has 8 heteroatoms. The maximum atomic E-state index is 12.7. The van der Waals surface area contributed by atoms with Crippen molar-refractivity contribution in [1.29, 1.82) is 0 Å². The monoisotopic (exact) mass is 468 g/mol. The Morgan fingerprint density at radius 1 is 0.857 bits per heavy atom. The Kier molecular flexibility index (Phi) is 5.54. The molecule has 0 saturated carbocycles. The van der Waals surface area contributed by atoms with Crippen LogP contribution in [0.1, 0.15) is 0 Å². The molecular weight excluding hydrogens is 444 g/mol. The number of anilines is 1. The van der Waals surface area contributed by atoms with Crippen LogP contribution in [0.4, 0.5) is 5.82 Å². The third-order valence-electron chi connectivity index (χ3n) is 6.38. The summed E-state index contributed by atoms with van der Waals surface area (Å²) in [5.41, 5.74) is 1.92. The van der Waals surface area contributed by atoms with E-state index in [9.17, 15) is 4.79 Å². The van der Waals surface area contributed by atoms with E-state index in [1.54, 1.807) is 18.2 Å². The molecule has 0 aliphatic carbocycles. The molecule has 35 heavy (non-hydrogen) atoms. The Labute approximate surface area is 202 Å². The first-order valence-corrected chi connectivity index (χ1v) is 11.6. The number of nitrogens with zero attached hydrogens (tertiary/aromatic N) is 4. The first kappa shape index (κ1) is 21.2. The van der Waals surface area contributed by atoms with E-state index in [0.29, 0.717) is 43.4 Å². The second-order valence-electron chi connectivity index (χ2n) is 8.48. The molecule has 176 valence electrons. The third-order valence-corrected chi connectivity index (χ3v) is 6.38. The molecular formula is C27H24N4O4. The van der Waals surface area contributed by atoms with Crippen LogP contribution in [0, 0.1) is 0 Å². The van der Waals surface area contributed by atoms with Gasteiger partial charge < -0.3 is 24.0 Å². The molecule has 8 nitrogen and oxygen atoms in total. The van der Waals surface area contributed by atoms with Crippen molar-refractivity contribution in [3.8, 4) is 28.5 Å². The van der Waals surface area contributed by atoms with Crippen LogP contribution in [0.2, 0.25) is 0 Å². The summed E-state index contributed by atoms with van der Waals surface area (Å²) in [6, 6.07) is 23.8. The van der Waals surface area contributed by atoms with Gasteiger partial charge in [-0.05, 0) is 35.0 Å². The van der Waals surface area contributed by atoms with Crippen LogP contribution in [-0.2, 0) is 4.79 Å². The fraction of sp³-hybridized carbons (Fsp3) is 0.222. The number of carbonyl (C=O) groups is 1. The van der Waals surface area contributed by atoms with Gasteiger partial charge in [0, 0.05) is 37.8 Å². The smallest absolute Gasteiger partial charge is 0.260 e. The summed E-state index contributed by atoms with van der Waals surface area (Å²) in [6.45, 7) is 2.79. The number of rotatable bonds is 5. The minimum Gasteiger partial charge on any atom is -0.484 e. The number of piperazine rings is 1. The number of benzene rings is 3. The van der Waals surface area contributed by atoms with Gasteiger partial charge in [-0.25, -0.2) is 0 Å². The van der Waals surface area contributed by atoms with Crippen LogP contribution < -0.4 is 19.1 Å². The van der Waals surface area contributed by atoms with E-state index in [-0.39, 0.29) is 19.3 Å². The van der Waals surface area contributed by atoms with Gasteiger partial charge in [0.05, 0.1) is 5.69 Å². The molecule has 0 N–H and O–H groups in total. The predicted molar refractivity (Wildman–Crippen MR) is 132 cm³/mol. The maximum absolute atomic E-state index is 12.7. The van der Waals surface area contributed by atoms with Crippen molar-refractivity contribution in [1.82, 2.24) is 15.1 Å². The Bertz CT molecular complexity index is 1360.